The summed E-state index contributed by atoms with van der Waals surface area (Å²) in [5.41, 5.74) is 6.87. The number of nitrogens with one attached hydrogen (secondary N) is 1. The smallest absolute Gasteiger partial charge is 0.321 e. The molecule has 4 rings (SSSR count). The number of phosphoric acid groups is 1. The van der Waals surface area contributed by atoms with E-state index in [1.54, 1.807) is 12.1 Å². The molecule has 6 N–H and O–H groups in total. The maximum atomic E-state index is 13.8. The minimum atomic E-state index is -4.64. The Bertz CT molecular complexity index is 1070. The Morgan fingerprint density at radius 3 is 2.63 bits per heavy atom. The van der Waals surface area contributed by atoms with Gasteiger partial charge in [-0.1, -0.05) is 0 Å². The van der Waals surface area contributed by atoms with Crippen LogP contribution in [0, 0.1) is 11.7 Å². The third-order valence-electron chi connectivity index (χ3n) is 3.88. The highest BCUT2D eigenvalue weighted by Gasteiger charge is 2.31. The summed E-state index contributed by atoms with van der Waals surface area (Å²) in [5.74, 6) is 0.497. The first-order valence-electron chi connectivity index (χ1n) is 7.81. The van der Waals surface area contributed by atoms with E-state index in [1.807, 2.05) is 0 Å². The topological polar surface area (TPSA) is 162 Å². The van der Waals surface area contributed by atoms with E-state index in [-0.39, 0.29) is 11.6 Å². The fourth-order valence-electron chi connectivity index (χ4n) is 2.50. The lowest BCUT2D eigenvalue weighted by Gasteiger charge is -2.08. The molecule has 0 aliphatic heterocycles. The molecule has 3 heterocycles. The number of thiophene rings is 1. The molecule has 1 aliphatic rings. The normalized spacial score (nSPS) is 15.3. The summed E-state index contributed by atoms with van der Waals surface area (Å²) in [4.78, 5) is 45.4. The molecule has 9 nitrogen and oxygen atoms in total. The zero-order valence-corrected chi connectivity index (χ0v) is 15.5. The van der Waals surface area contributed by atoms with Gasteiger partial charge in [0.2, 0.25) is 0 Å². The maximum Gasteiger partial charge on any atom is 0.466 e. The molecule has 0 unspecified atom stereocenters. The SMILES string of the molecule is N[C@H](c1nc2cc(-c3ccncc3F)sc2c(=O)[nH]1)C1CC1.O=P(O)(O)O. The largest absolute Gasteiger partial charge is 0.466 e. The lowest BCUT2D eigenvalue weighted by atomic mass is 10.2. The van der Waals surface area contributed by atoms with Gasteiger partial charge in [-0.05, 0) is 30.9 Å². The fraction of sp³-hybridized carbons (Fsp3) is 0.267. The summed E-state index contributed by atoms with van der Waals surface area (Å²) >= 11 is 1.22. The molecule has 1 aliphatic carbocycles. The highest BCUT2D eigenvalue weighted by Crippen LogP contribution is 2.39. The Morgan fingerprint density at radius 1 is 1.37 bits per heavy atom. The molecule has 0 radical (unpaired) electrons. The van der Waals surface area contributed by atoms with E-state index in [9.17, 15) is 9.18 Å². The van der Waals surface area contributed by atoms with Crippen LogP contribution in [-0.4, -0.2) is 29.6 Å². The van der Waals surface area contributed by atoms with Crippen molar-refractivity contribution in [3.63, 3.8) is 0 Å². The molecule has 0 saturated heterocycles. The first-order valence-corrected chi connectivity index (χ1v) is 10.2. The van der Waals surface area contributed by atoms with Crippen molar-refractivity contribution in [2.45, 2.75) is 18.9 Å². The van der Waals surface area contributed by atoms with Crippen molar-refractivity contribution >= 4 is 29.4 Å². The quantitative estimate of drug-likeness (QED) is 0.404. The van der Waals surface area contributed by atoms with Gasteiger partial charge >= 0.3 is 7.82 Å². The van der Waals surface area contributed by atoms with Crippen LogP contribution in [0.2, 0.25) is 0 Å². The highest BCUT2D eigenvalue weighted by atomic mass is 32.1. The molecular weight excluding hydrogens is 398 g/mol. The van der Waals surface area contributed by atoms with Crippen molar-refractivity contribution < 1.29 is 23.6 Å². The van der Waals surface area contributed by atoms with Crippen LogP contribution in [0.5, 0.6) is 0 Å². The van der Waals surface area contributed by atoms with Gasteiger partial charge in [0.15, 0.2) is 0 Å². The van der Waals surface area contributed by atoms with E-state index in [0.717, 1.165) is 19.0 Å². The van der Waals surface area contributed by atoms with Crippen LogP contribution in [0.1, 0.15) is 24.7 Å². The van der Waals surface area contributed by atoms with Crippen LogP contribution in [0.25, 0.3) is 20.7 Å². The minimum absolute atomic E-state index is 0.221. The number of pyridine rings is 1. The first-order chi connectivity index (χ1) is 12.6. The molecule has 0 amide bonds. The van der Waals surface area contributed by atoms with Gasteiger partial charge in [0.1, 0.15) is 16.3 Å². The maximum absolute atomic E-state index is 13.8. The van der Waals surface area contributed by atoms with Crippen molar-refractivity contribution in [1.82, 2.24) is 15.0 Å². The van der Waals surface area contributed by atoms with E-state index in [0.29, 0.717) is 32.4 Å². The number of aromatic nitrogens is 3. The number of hydrogen-bond donors (Lipinski definition) is 5. The monoisotopic (exact) mass is 414 g/mol. The van der Waals surface area contributed by atoms with Gasteiger partial charge < -0.3 is 25.4 Å². The zero-order valence-electron chi connectivity index (χ0n) is 13.7. The number of aromatic amines is 1. The van der Waals surface area contributed by atoms with Crippen LogP contribution in [0.3, 0.4) is 0 Å². The van der Waals surface area contributed by atoms with Gasteiger partial charge in [-0.15, -0.1) is 11.3 Å². The molecule has 1 fully saturated rings. The molecule has 0 spiro atoms. The average Bonchev–Trinajstić information content (AvgIpc) is 3.32. The van der Waals surface area contributed by atoms with Gasteiger partial charge in [-0.3, -0.25) is 9.78 Å². The summed E-state index contributed by atoms with van der Waals surface area (Å²) < 4.78 is 23.2. The highest BCUT2D eigenvalue weighted by molar-refractivity contribution is 7.45. The van der Waals surface area contributed by atoms with Crippen LogP contribution in [0.4, 0.5) is 4.39 Å². The number of halogens is 1. The molecule has 27 heavy (non-hydrogen) atoms. The van der Waals surface area contributed by atoms with E-state index < -0.39 is 13.6 Å². The number of nitrogens with two attached hydrogens (primary N) is 1. The summed E-state index contributed by atoms with van der Waals surface area (Å²) in [5, 5.41) is 0. The Labute approximate surface area is 156 Å². The van der Waals surface area contributed by atoms with Gasteiger partial charge in [0.05, 0.1) is 17.8 Å². The fourth-order valence-corrected chi connectivity index (χ4v) is 3.52. The molecule has 1 saturated carbocycles. The van der Waals surface area contributed by atoms with E-state index in [1.165, 1.54) is 17.5 Å². The Morgan fingerprint density at radius 2 is 2.04 bits per heavy atom. The molecule has 0 bridgehead atoms. The standard InChI is InChI=1S/C15H13FN4OS.H3O4P/c16-9-6-18-4-3-8(9)11-5-10-13(22-11)15(21)20-14(19-10)12(17)7-1-2-7;1-5(2,3)4/h3-7,12H,1-2,17H2,(H,19,20,21);(H3,1,2,3,4)/t12-;/m0./s1. The number of rotatable bonds is 3. The van der Waals surface area contributed by atoms with E-state index >= 15 is 0 Å². The molecule has 12 heteroatoms. The molecule has 0 aromatic carbocycles. The average molecular weight is 414 g/mol. The zero-order chi connectivity index (χ0) is 19.8. The van der Waals surface area contributed by atoms with E-state index in [4.69, 9.17) is 25.0 Å². The van der Waals surface area contributed by atoms with E-state index in [2.05, 4.69) is 15.0 Å². The van der Waals surface area contributed by atoms with Crippen molar-refractivity contribution in [2.75, 3.05) is 0 Å². The van der Waals surface area contributed by atoms with Gasteiger partial charge in [0, 0.05) is 16.6 Å². The van der Waals surface area contributed by atoms with Crippen molar-refractivity contribution in [3.8, 4) is 10.4 Å². The number of fused-ring (bicyclic) bond motifs is 1. The molecular formula is C15H16FN4O5PS. The van der Waals surface area contributed by atoms with Gasteiger partial charge in [-0.2, -0.15) is 0 Å². The van der Waals surface area contributed by atoms with Crippen molar-refractivity contribution in [3.05, 3.63) is 46.5 Å². The Kier molecular flexibility index (Phi) is 5.52. The summed E-state index contributed by atoms with van der Waals surface area (Å²) in [6, 6.07) is 3.08. The predicted molar refractivity (Wildman–Crippen MR) is 97.3 cm³/mol. The molecule has 1 atom stereocenters. The van der Waals surface area contributed by atoms with Gasteiger partial charge in [-0.25, -0.2) is 13.9 Å². The third-order valence-corrected chi connectivity index (χ3v) is 5.04. The lowest BCUT2D eigenvalue weighted by Crippen LogP contribution is -2.20. The molecule has 144 valence electrons. The predicted octanol–water partition coefficient (Wildman–Crippen LogP) is 1.67. The summed E-state index contributed by atoms with van der Waals surface area (Å²) in [6.45, 7) is 0. The molecule has 3 aromatic rings. The van der Waals surface area contributed by atoms with Crippen LogP contribution >= 0.6 is 19.2 Å². The second kappa shape index (κ2) is 7.55. The minimum Gasteiger partial charge on any atom is -0.321 e. The number of nitrogens with zero attached hydrogens (tertiary/aromatic N) is 2. The number of H-pyrrole nitrogens is 1. The van der Waals surface area contributed by atoms with Gasteiger partial charge in [0.25, 0.3) is 5.56 Å². The first kappa shape index (κ1) is 19.7. The Balaban J connectivity index is 0.000000376. The second-order valence-electron chi connectivity index (χ2n) is 6.01. The van der Waals surface area contributed by atoms with Crippen molar-refractivity contribution in [2.24, 2.45) is 11.7 Å². The van der Waals surface area contributed by atoms with Crippen LogP contribution in [0.15, 0.2) is 29.3 Å². The summed E-state index contributed by atoms with van der Waals surface area (Å²) in [7, 11) is -4.64. The number of hydrogen-bond acceptors (Lipinski definition) is 6. The second-order valence-corrected chi connectivity index (χ2v) is 8.09. The molecule has 3 aromatic heterocycles. The van der Waals surface area contributed by atoms with Crippen LogP contribution in [-0.2, 0) is 4.57 Å². The lowest BCUT2D eigenvalue weighted by molar-refractivity contribution is 0.275. The van der Waals surface area contributed by atoms with Crippen molar-refractivity contribution in [1.29, 1.82) is 0 Å². The summed E-state index contributed by atoms with van der Waals surface area (Å²) in [6.07, 6.45) is 4.82. The van der Waals surface area contributed by atoms with Crippen LogP contribution < -0.4 is 11.3 Å². The third kappa shape index (κ3) is 5.04. The Hall–Kier alpha value is -2.01.